The predicted molar refractivity (Wildman–Crippen MR) is 145 cm³/mol. The van der Waals surface area contributed by atoms with Crippen LogP contribution in [0.5, 0.6) is 0 Å². The lowest BCUT2D eigenvalue weighted by molar-refractivity contribution is -0.385. The molecule has 10 nitrogen and oxygen atoms in total. The van der Waals surface area contributed by atoms with Crippen LogP contribution in [0, 0.1) is 31.1 Å². The van der Waals surface area contributed by atoms with E-state index in [0.29, 0.717) is 24.1 Å². The first-order valence-corrected chi connectivity index (χ1v) is 12.3. The van der Waals surface area contributed by atoms with Gasteiger partial charge in [0.2, 0.25) is 11.8 Å². The SMILES string of the molecule is CC1(C)CC(NC(=O)/C=C/c2cccc([N+](=O)[O-])c2)CC(C)(CNC(=O)/C=C/c2cccc([N+](=O)[O-])c2)C1. The van der Waals surface area contributed by atoms with Gasteiger partial charge in [0, 0.05) is 49.0 Å². The van der Waals surface area contributed by atoms with Crippen molar-refractivity contribution < 1.29 is 19.4 Å². The fourth-order valence-corrected chi connectivity index (χ4v) is 5.31. The minimum atomic E-state index is -0.484. The summed E-state index contributed by atoms with van der Waals surface area (Å²) in [5, 5.41) is 27.9. The van der Waals surface area contributed by atoms with Gasteiger partial charge in [-0.1, -0.05) is 45.0 Å². The number of hydrogen-bond acceptors (Lipinski definition) is 6. The highest BCUT2D eigenvalue weighted by Gasteiger charge is 2.41. The van der Waals surface area contributed by atoms with Gasteiger partial charge in [-0.15, -0.1) is 0 Å². The van der Waals surface area contributed by atoms with Crippen molar-refractivity contribution in [2.24, 2.45) is 10.8 Å². The standard InChI is InChI=1S/C28H32N4O6/c1-27(2)16-22(30-26(34)13-11-21-7-5-9-24(15-21)32(37)38)17-28(3,18-27)19-29-25(33)12-10-20-6-4-8-23(14-20)31(35)36/h4-15,22H,16-19H2,1-3H3,(H,29,33)(H,30,34)/b12-10+,13-11+. The molecule has 2 unspecified atom stereocenters. The second kappa shape index (κ2) is 11.8. The molecule has 0 spiro atoms. The van der Waals surface area contributed by atoms with Crippen LogP contribution in [-0.4, -0.2) is 34.2 Å². The Morgan fingerprint density at radius 2 is 1.42 bits per heavy atom. The average Bonchev–Trinajstić information content (AvgIpc) is 2.84. The van der Waals surface area contributed by atoms with Gasteiger partial charge >= 0.3 is 0 Å². The van der Waals surface area contributed by atoms with Gasteiger partial charge in [-0.25, -0.2) is 0 Å². The number of benzene rings is 2. The van der Waals surface area contributed by atoms with Gasteiger partial charge in [0.1, 0.15) is 0 Å². The van der Waals surface area contributed by atoms with Crippen LogP contribution in [0.1, 0.15) is 51.2 Å². The molecule has 38 heavy (non-hydrogen) atoms. The van der Waals surface area contributed by atoms with Gasteiger partial charge in [-0.05, 0) is 53.4 Å². The normalized spacial score (nSPS) is 20.8. The van der Waals surface area contributed by atoms with Gasteiger partial charge in [0.15, 0.2) is 0 Å². The summed E-state index contributed by atoms with van der Waals surface area (Å²) in [6.45, 7) is 6.75. The lowest BCUT2D eigenvalue weighted by atomic mass is 9.62. The van der Waals surface area contributed by atoms with Crippen molar-refractivity contribution in [3.05, 3.63) is 92.0 Å². The molecule has 0 heterocycles. The number of rotatable bonds is 9. The molecular weight excluding hydrogens is 488 g/mol. The maximum absolute atomic E-state index is 12.6. The lowest BCUT2D eigenvalue weighted by Crippen LogP contribution is -2.50. The first-order valence-electron chi connectivity index (χ1n) is 12.3. The zero-order valence-corrected chi connectivity index (χ0v) is 21.7. The fourth-order valence-electron chi connectivity index (χ4n) is 5.31. The summed E-state index contributed by atoms with van der Waals surface area (Å²) in [6.07, 6.45) is 8.11. The monoisotopic (exact) mass is 520 g/mol. The zero-order valence-electron chi connectivity index (χ0n) is 21.7. The van der Waals surface area contributed by atoms with E-state index in [0.717, 1.165) is 12.8 Å². The van der Waals surface area contributed by atoms with Crippen molar-refractivity contribution in [3.63, 3.8) is 0 Å². The van der Waals surface area contributed by atoms with E-state index in [1.54, 1.807) is 30.3 Å². The fraction of sp³-hybridized carbons (Fsp3) is 0.357. The smallest absolute Gasteiger partial charge is 0.270 e. The Morgan fingerprint density at radius 3 is 1.95 bits per heavy atom. The third kappa shape index (κ3) is 8.36. The average molecular weight is 521 g/mol. The van der Waals surface area contributed by atoms with Crippen molar-refractivity contribution >= 4 is 35.3 Å². The molecule has 1 aliphatic carbocycles. The lowest BCUT2D eigenvalue weighted by Gasteiger charge is -2.46. The second-order valence-electron chi connectivity index (χ2n) is 10.9. The molecular formula is C28H32N4O6. The molecule has 1 saturated carbocycles. The van der Waals surface area contributed by atoms with E-state index in [-0.39, 0.29) is 40.1 Å². The number of nitrogens with zero attached hydrogens (tertiary/aromatic N) is 2. The Morgan fingerprint density at radius 1 is 0.895 bits per heavy atom. The number of carbonyl (C=O) groups is 2. The van der Waals surface area contributed by atoms with E-state index >= 15 is 0 Å². The molecule has 10 heteroatoms. The maximum atomic E-state index is 12.6. The number of nitro benzene ring substituents is 2. The molecule has 2 aromatic carbocycles. The number of carbonyl (C=O) groups excluding carboxylic acids is 2. The molecule has 1 aliphatic rings. The largest absolute Gasteiger partial charge is 0.352 e. The first kappa shape index (κ1) is 28.2. The van der Waals surface area contributed by atoms with Crippen LogP contribution in [0.2, 0.25) is 0 Å². The van der Waals surface area contributed by atoms with Crippen molar-refractivity contribution in [2.75, 3.05) is 6.54 Å². The van der Waals surface area contributed by atoms with Crippen LogP contribution in [0.4, 0.5) is 11.4 Å². The van der Waals surface area contributed by atoms with Crippen LogP contribution in [0.25, 0.3) is 12.2 Å². The summed E-state index contributed by atoms with van der Waals surface area (Å²) in [4.78, 5) is 46.0. The number of nitro groups is 2. The molecule has 2 aromatic rings. The molecule has 2 atom stereocenters. The van der Waals surface area contributed by atoms with E-state index in [2.05, 4.69) is 31.4 Å². The van der Waals surface area contributed by atoms with Crippen molar-refractivity contribution in [3.8, 4) is 0 Å². The van der Waals surface area contributed by atoms with Crippen LogP contribution in [-0.2, 0) is 9.59 Å². The van der Waals surface area contributed by atoms with Crippen molar-refractivity contribution in [1.82, 2.24) is 10.6 Å². The Hall–Kier alpha value is -4.34. The topological polar surface area (TPSA) is 144 Å². The third-order valence-corrected chi connectivity index (χ3v) is 6.50. The van der Waals surface area contributed by atoms with Gasteiger partial charge in [-0.2, -0.15) is 0 Å². The van der Waals surface area contributed by atoms with E-state index < -0.39 is 9.85 Å². The van der Waals surface area contributed by atoms with E-state index in [9.17, 15) is 29.8 Å². The predicted octanol–water partition coefficient (Wildman–Crippen LogP) is 5.05. The third-order valence-electron chi connectivity index (χ3n) is 6.50. The maximum Gasteiger partial charge on any atom is 0.270 e. The number of hydrogen-bond donors (Lipinski definition) is 2. The quantitative estimate of drug-likeness (QED) is 0.269. The molecule has 0 saturated heterocycles. The second-order valence-corrected chi connectivity index (χ2v) is 10.9. The molecule has 0 aliphatic heterocycles. The number of nitrogens with one attached hydrogen (secondary N) is 2. The van der Waals surface area contributed by atoms with E-state index in [1.165, 1.54) is 42.5 Å². The van der Waals surface area contributed by atoms with Gasteiger partial charge in [0.05, 0.1) is 9.85 Å². The summed E-state index contributed by atoms with van der Waals surface area (Å²) in [5.41, 5.74) is 0.692. The molecule has 0 aromatic heterocycles. The van der Waals surface area contributed by atoms with Crippen molar-refractivity contribution in [2.45, 2.75) is 46.1 Å². The zero-order chi connectivity index (χ0) is 27.9. The Kier molecular flexibility index (Phi) is 8.77. The van der Waals surface area contributed by atoms with Crippen LogP contribution in [0.15, 0.2) is 60.7 Å². The van der Waals surface area contributed by atoms with Gasteiger partial charge in [-0.3, -0.25) is 29.8 Å². The highest BCUT2D eigenvalue weighted by atomic mass is 16.6. The van der Waals surface area contributed by atoms with Crippen LogP contribution < -0.4 is 10.6 Å². The highest BCUT2D eigenvalue weighted by molar-refractivity contribution is 5.92. The number of non-ortho nitro benzene ring substituents is 2. The molecule has 1 fully saturated rings. The first-order chi connectivity index (χ1) is 17.8. The minimum absolute atomic E-state index is 0.0423. The summed E-state index contributed by atoms with van der Waals surface area (Å²) in [5.74, 6) is -0.591. The molecule has 0 radical (unpaired) electrons. The van der Waals surface area contributed by atoms with Gasteiger partial charge < -0.3 is 10.6 Å². The Balaban J connectivity index is 1.59. The molecule has 3 rings (SSSR count). The van der Waals surface area contributed by atoms with Crippen LogP contribution in [0.3, 0.4) is 0 Å². The summed E-state index contributed by atoms with van der Waals surface area (Å²) >= 11 is 0. The minimum Gasteiger partial charge on any atom is -0.352 e. The molecule has 2 amide bonds. The van der Waals surface area contributed by atoms with E-state index in [1.807, 2.05) is 0 Å². The summed E-state index contributed by atoms with van der Waals surface area (Å²) in [7, 11) is 0. The molecule has 2 N–H and O–H groups in total. The van der Waals surface area contributed by atoms with Crippen molar-refractivity contribution in [1.29, 1.82) is 0 Å². The summed E-state index contributed by atoms with van der Waals surface area (Å²) in [6, 6.07) is 12.0. The molecule has 200 valence electrons. The Labute approximate surface area is 221 Å². The summed E-state index contributed by atoms with van der Waals surface area (Å²) < 4.78 is 0. The highest BCUT2D eigenvalue weighted by Crippen LogP contribution is 2.45. The van der Waals surface area contributed by atoms with Gasteiger partial charge in [0.25, 0.3) is 11.4 Å². The van der Waals surface area contributed by atoms with E-state index in [4.69, 9.17) is 0 Å². The molecule has 0 bridgehead atoms. The van der Waals surface area contributed by atoms with Crippen LogP contribution >= 0.6 is 0 Å². The number of amides is 2. The Bertz CT molecular complexity index is 1290.